The van der Waals surface area contributed by atoms with Crippen molar-refractivity contribution in [2.75, 3.05) is 25.6 Å². The average Bonchev–Trinajstić information content (AvgIpc) is 2.87. The second-order valence-corrected chi connectivity index (χ2v) is 7.06. The van der Waals surface area contributed by atoms with E-state index in [9.17, 15) is 18.8 Å². The molecule has 2 amide bonds. The van der Waals surface area contributed by atoms with E-state index < -0.39 is 23.6 Å². The Morgan fingerprint density at radius 1 is 1.12 bits per heavy atom. The van der Waals surface area contributed by atoms with Gasteiger partial charge in [-0.3, -0.25) is 19.4 Å². The molecule has 1 heterocycles. The van der Waals surface area contributed by atoms with Gasteiger partial charge in [-0.2, -0.15) is 0 Å². The Hall–Kier alpha value is -4.31. The number of esters is 1. The molecule has 0 saturated carbocycles. The number of rotatable bonds is 9. The summed E-state index contributed by atoms with van der Waals surface area (Å²) in [6.07, 6.45) is 2.39. The fourth-order valence-corrected chi connectivity index (χ4v) is 3.03. The van der Waals surface area contributed by atoms with Crippen molar-refractivity contribution >= 4 is 23.5 Å². The highest BCUT2D eigenvalue weighted by Gasteiger charge is 2.14. The third-order valence-corrected chi connectivity index (χ3v) is 4.79. The van der Waals surface area contributed by atoms with E-state index in [2.05, 4.69) is 20.4 Å². The Bertz CT molecular complexity index is 1200. The van der Waals surface area contributed by atoms with Crippen LogP contribution in [0.25, 0.3) is 11.1 Å². The minimum absolute atomic E-state index is 0.0188. The van der Waals surface area contributed by atoms with Gasteiger partial charge in [0, 0.05) is 18.3 Å². The summed E-state index contributed by atoms with van der Waals surface area (Å²) < 4.78 is 23.8. The molecule has 4 N–H and O–H groups in total. The molecule has 10 heteroatoms. The number of benzene rings is 2. The van der Waals surface area contributed by atoms with Crippen molar-refractivity contribution < 1.29 is 28.2 Å². The van der Waals surface area contributed by atoms with Crippen LogP contribution in [0.1, 0.15) is 15.9 Å². The minimum atomic E-state index is -0.643. The second-order valence-electron chi connectivity index (χ2n) is 7.06. The number of carbonyl (C=O) groups excluding carboxylic acids is 3. The SMILES string of the molecule is COC(=O)CNC(=O)COc1cccc(-c2cc(C(=O)Nc3ccncc3F)ccc2CN)c1. The van der Waals surface area contributed by atoms with Gasteiger partial charge in [0.25, 0.3) is 11.8 Å². The van der Waals surface area contributed by atoms with Crippen molar-refractivity contribution in [3.8, 4) is 16.9 Å². The van der Waals surface area contributed by atoms with E-state index in [-0.39, 0.29) is 25.4 Å². The van der Waals surface area contributed by atoms with Crippen LogP contribution in [0.2, 0.25) is 0 Å². The van der Waals surface area contributed by atoms with Crippen LogP contribution in [0, 0.1) is 5.82 Å². The molecular formula is C24H23FN4O5. The number of hydrogen-bond donors (Lipinski definition) is 3. The van der Waals surface area contributed by atoms with Crippen LogP contribution in [0.4, 0.5) is 10.1 Å². The number of nitrogens with zero attached hydrogens (tertiary/aromatic N) is 1. The van der Waals surface area contributed by atoms with Gasteiger partial charge in [-0.05, 0) is 47.0 Å². The average molecular weight is 466 g/mol. The van der Waals surface area contributed by atoms with Crippen molar-refractivity contribution in [3.63, 3.8) is 0 Å². The Labute approximate surface area is 195 Å². The number of methoxy groups -OCH3 is 1. The topological polar surface area (TPSA) is 133 Å². The summed E-state index contributed by atoms with van der Waals surface area (Å²) in [7, 11) is 1.22. The summed E-state index contributed by atoms with van der Waals surface area (Å²) in [5.41, 5.74) is 8.38. The molecule has 0 saturated heterocycles. The molecule has 0 aliphatic heterocycles. The third-order valence-electron chi connectivity index (χ3n) is 4.79. The zero-order valence-corrected chi connectivity index (χ0v) is 18.3. The fraction of sp³-hybridized carbons (Fsp3) is 0.167. The summed E-state index contributed by atoms with van der Waals surface area (Å²) in [5, 5.41) is 4.91. The van der Waals surface area contributed by atoms with Crippen LogP contribution in [-0.2, 0) is 20.9 Å². The first-order valence-corrected chi connectivity index (χ1v) is 10.2. The minimum Gasteiger partial charge on any atom is -0.484 e. The number of aromatic nitrogens is 1. The van der Waals surface area contributed by atoms with Crippen molar-refractivity contribution in [2.45, 2.75) is 6.54 Å². The maximum absolute atomic E-state index is 13.8. The van der Waals surface area contributed by atoms with Crippen molar-refractivity contribution in [1.82, 2.24) is 10.3 Å². The zero-order valence-electron chi connectivity index (χ0n) is 18.3. The molecule has 0 bridgehead atoms. The fourth-order valence-electron chi connectivity index (χ4n) is 3.03. The first kappa shape index (κ1) is 24.3. The normalized spacial score (nSPS) is 10.3. The van der Waals surface area contributed by atoms with Crippen molar-refractivity contribution in [2.24, 2.45) is 5.73 Å². The smallest absolute Gasteiger partial charge is 0.325 e. The highest BCUT2D eigenvalue weighted by molar-refractivity contribution is 6.05. The number of ether oxygens (including phenoxy) is 2. The maximum Gasteiger partial charge on any atom is 0.325 e. The molecule has 1 aromatic heterocycles. The number of anilines is 1. The van der Waals surface area contributed by atoms with E-state index in [4.69, 9.17) is 10.5 Å². The van der Waals surface area contributed by atoms with E-state index in [1.54, 1.807) is 36.4 Å². The Morgan fingerprint density at radius 2 is 1.94 bits per heavy atom. The quantitative estimate of drug-likeness (QED) is 0.412. The Morgan fingerprint density at radius 3 is 2.68 bits per heavy atom. The maximum atomic E-state index is 13.8. The van der Waals surface area contributed by atoms with Crippen LogP contribution in [-0.4, -0.2) is 43.0 Å². The predicted molar refractivity (Wildman–Crippen MR) is 122 cm³/mol. The lowest BCUT2D eigenvalue weighted by atomic mass is 9.96. The molecule has 9 nitrogen and oxygen atoms in total. The first-order chi connectivity index (χ1) is 16.4. The van der Waals surface area contributed by atoms with E-state index in [1.165, 1.54) is 19.4 Å². The molecule has 3 aromatic rings. The summed E-state index contributed by atoms with van der Waals surface area (Å²) in [5.74, 6) is -1.79. The molecule has 0 aliphatic rings. The van der Waals surface area contributed by atoms with Crippen molar-refractivity contribution in [3.05, 3.63) is 77.9 Å². The van der Waals surface area contributed by atoms with E-state index in [0.29, 0.717) is 22.4 Å². The molecule has 176 valence electrons. The number of nitrogens with one attached hydrogen (secondary N) is 2. The molecule has 0 atom stereocenters. The van der Waals surface area contributed by atoms with Gasteiger partial charge in [-0.1, -0.05) is 18.2 Å². The second kappa shape index (κ2) is 11.5. The molecule has 0 spiro atoms. The van der Waals surface area contributed by atoms with Crippen LogP contribution in [0.3, 0.4) is 0 Å². The summed E-state index contributed by atoms with van der Waals surface area (Å²) in [6, 6.07) is 13.3. The number of hydrogen-bond acceptors (Lipinski definition) is 7. The largest absolute Gasteiger partial charge is 0.484 e. The summed E-state index contributed by atoms with van der Waals surface area (Å²) in [6.45, 7) is -0.335. The first-order valence-electron chi connectivity index (χ1n) is 10.2. The zero-order chi connectivity index (χ0) is 24.5. The number of pyridine rings is 1. The molecule has 0 fully saturated rings. The highest BCUT2D eigenvalue weighted by atomic mass is 19.1. The van der Waals surface area contributed by atoms with Crippen molar-refractivity contribution in [1.29, 1.82) is 0 Å². The van der Waals surface area contributed by atoms with Gasteiger partial charge in [-0.25, -0.2) is 4.39 Å². The van der Waals surface area contributed by atoms with Gasteiger partial charge >= 0.3 is 5.97 Å². The highest BCUT2D eigenvalue weighted by Crippen LogP contribution is 2.28. The van der Waals surface area contributed by atoms with Crippen LogP contribution in [0.15, 0.2) is 60.9 Å². The molecule has 2 aromatic carbocycles. The van der Waals surface area contributed by atoms with Gasteiger partial charge in [0.05, 0.1) is 19.0 Å². The monoisotopic (exact) mass is 466 g/mol. The van der Waals surface area contributed by atoms with Gasteiger partial charge in [0.2, 0.25) is 0 Å². The third kappa shape index (κ3) is 6.36. The number of nitrogens with two attached hydrogens (primary N) is 1. The Balaban J connectivity index is 1.77. The Kier molecular flexibility index (Phi) is 8.25. The van der Waals surface area contributed by atoms with E-state index in [0.717, 1.165) is 11.8 Å². The van der Waals surface area contributed by atoms with Crippen LogP contribution in [0.5, 0.6) is 5.75 Å². The lowest BCUT2D eigenvalue weighted by Gasteiger charge is -2.13. The van der Waals surface area contributed by atoms with Gasteiger partial charge in [0.15, 0.2) is 12.4 Å². The van der Waals surface area contributed by atoms with Gasteiger partial charge in [0.1, 0.15) is 12.3 Å². The molecule has 0 radical (unpaired) electrons. The van der Waals surface area contributed by atoms with Crippen LogP contribution < -0.4 is 21.1 Å². The predicted octanol–water partition coefficient (Wildman–Crippen LogP) is 2.27. The number of amides is 2. The molecule has 0 unspecified atom stereocenters. The number of halogens is 1. The molecule has 3 rings (SSSR count). The molecule has 0 aliphatic carbocycles. The summed E-state index contributed by atoms with van der Waals surface area (Å²) >= 11 is 0. The van der Waals surface area contributed by atoms with E-state index >= 15 is 0 Å². The number of carbonyl (C=O) groups is 3. The molecular weight excluding hydrogens is 443 g/mol. The summed E-state index contributed by atoms with van der Waals surface area (Å²) in [4.78, 5) is 39.3. The standard InChI is InChI=1S/C24H23FN4O5/c1-33-23(31)13-28-22(30)14-34-18-4-2-3-15(9-18)19-10-16(5-6-17(19)11-26)24(32)29-21-7-8-27-12-20(21)25/h2-10,12H,11,13-14,26H2,1H3,(H,28,30)(H,27,29,32). The van der Waals surface area contributed by atoms with Crippen LogP contribution >= 0.6 is 0 Å². The lowest BCUT2D eigenvalue weighted by Crippen LogP contribution is -2.33. The van der Waals surface area contributed by atoms with Gasteiger partial charge in [-0.15, -0.1) is 0 Å². The van der Waals surface area contributed by atoms with Gasteiger partial charge < -0.3 is 25.8 Å². The molecule has 34 heavy (non-hydrogen) atoms. The lowest BCUT2D eigenvalue weighted by molar-refractivity contribution is -0.141. The van der Waals surface area contributed by atoms with E-state index in [1.807, 2.05) is 6.07 Å².